The maximum atomic E-state index is 12.8. The lowest BCUT2D eigenvalue weighted by Crippen LogP contribution is -2.44. The Hall–Kier alpha value is -3.27. The number of hydrogen-bond donors (Lipinski definition) is 0. The number of aliphatic carboxylic acids is 1. The first-order valence-corrected chi connectivity index (χ1v) is 27.1. The zero-order chi connectivity index (χ0) is 49.2. The molecule has 0 aromatic rings. The number of quaternary nitrogens is 1. The van der Waals surface area contributed by atoms with Crippen LogP contribution in [0.2, 0.25) is 0 Å². The lowest BCUT2D eigenvalue weighted by molar-refractivity contribution is -0.870. The largest absolute Gasteiger partial charge is 0.545 e. The molecule has 0 aromatic carbocycles. The van der Waals surface area contributed by atoms with Gasteiger partial charge in [0.15, 0.2) is 12.4 Å². The number of allylic oxidation sites excluding steroid dienone is 12. The molecule has 386 valence electrons. The van der Waals surface area contributed by atoms with Crippen molar-refractivity contribution in [3.05, 3.63) is 72.9 Å². The van der Waals surface area contributed by atoms with Crippen molar-refractivity contribution >= 4 is 17.9 Å². The van der Waals surface area contributed by atoms with Gasteiger partial charge in [0.2, 0.25) is 0 Å². The van der Waals surface area contributed by atoms with E-state index >= 15 is 0 Å². The highest BCUT2D eigenvalue weighted by atomic mass is 16.7. The van der Waals surface area contributed by atoms with E-state index in [4.69, 9.17) is 18.9 Å². The van der Waals surface area contributed by atoms with E-state index in [9.17, 15) is 19.5 Å². The Kier molecular flexibility index (Phi) is 46.8. The van der Waals surface area contributed by atoms with Crippen LogP contribution in [-0.4, -0.2) is 82.3 Å². The maximum Gasteiger partial charge on any atom is 0.306 e. The van der Waals surface area contributed by atoms with Crippen molar-refractivity contribution in [2.75, 3.05) is 47.5 Å². The molecule has 0 heterocycles. The number of carboxylic acids is 1. The predicted molar refractivity (Wildman–Crippen MR) is 278 cm³/mol. The summed E-state index contributed by atoms with van der Waals surface area (Å²) in [5, 5.41) is 11.7. The van der Waals surface area contributed by atoms with Crippen LogP contribution in [0.4, 0.5) is 0 Å². The molecule has 0 aliphatic rings. The Labute approximate surface area is 411 Å². The number of esters is 2. The molecule has 0 N–H and O–H groups in total. The fourth-order valence-electron chi connectivity index (χ4n) is 7.25. The monoisotopic (exact) mass is 940 g/mol. The second-order valence-electron chi connectivity index (χ2n) is 19.1. The fourth-order valence-corrected chi connectivity index (χ4v) is 7.25. The van der Waals surface area contributed by atoms with Crippen LogP contribution >= 0.6 is 0 Å². The summed E-state index contributed by atoms with van der Waals surface area (Å²) in [6, 6.07) is 0. The van der Waals surface area contributed by atoms with Crippen molar-refractivity contribution in [2.45, 2.75) is 232 Å². The minimum atomic E-state index is -1.62. The summed E-state index contributed by atoms with van der Waals surface area (Å²) < 4.78 is 22.6. The first-order valence-electron chi connectivity index (χ1n) is 27.1. The molecule has 67 heavy (non-hydrogen) atoms. The molecular formula is C58H101NO8. The van der Waals surface area contributed by atoms with Crippen LogP contribution in [0.1, 0.15) is 219 Å². The minimum Gasteiger partial charge on any atom is -0.545 e. The van der Waals surface area contributed by atoms with E-state index in [0.29, 0.717) is 17.4 Å². The minimum absolute atomic E-state index is 0.145. The molecule has 0 fully saturated rings. The number of nitrogens with zero attached hydrogens (tertiary/aromatic N) is 1. The first kappa shape index (κ1) is 63.7. The van der Waals surface area contributed by atoms with Crippen LogP contribution in [0.3, 0.4) is 0 Å². The van der Waals surface area contributed by atoms with Crippen LogP contribution in [0.15, 0.2) is 72.9 Å². The number of rotatable bonds is 49. The predicted octanol–water partition coefficient (Wildman–Crippen LogP) is 14.1. The molecule has 0 spiro atoms. The smallest absolute Gasteiger partial charge is 0.306 e. The van der Waals surface area contributed by atoms with Crippen molar-refractivity contribution in [1.82, 2.24) is 0 Å². The van der Waals surface area contributed by atoms with E-state index in [-0.39, 0.29) is 38.6 Å². The fraction of sp³-hybridized carbons (Fsp3) is 0.741. The van der Waals surface area contributed by atoms with Crippen molar-refractivity contribution in [3.63, 3.8) is 0 Å². The number of carboxylic acid groups (broad SMARTS) is 1. The number of likely N-dealkylation sites (N-methyl/N-ethyl adjacent to an activating group) is 1. The van der Waals surface area contributed by atoms with Gasteiger partial charge in [0, 0.05) is 12.8 Å². The van der Waals surface area contributed by atoms with Gasteiger partial charge in [-0.05, 0) is 77.0 Å². The Bertz CT molecular complexity index is 1330. The average molecular weight is 940 g/mol. The van der Waals surface area contributed by atoms with Gasteiger partial charge in [-0.15, -0.1) is 0 Å². The van der Waals surface area contributed by atoms with E-state index in [2.05, 4.69) is 86.8 Å². The third kappa shape index (κ3) is 50.4. The van der Waals surface area contributed by atoms with E-state index in [1.807, 2.05) is 21.1 Å². The molecule has 0 radical (unpaired) electrons. The Morgan fingerprint density at radius 1 is 0.463 bits per heavy atom. The average Bonchev–Trinajstić information content (AvgIpc) is 3.29. The van der Waals surface area contributed by atoms with Crippen LogP contribution in [-0.2, 0) is 33.3 Å². The summed E-state index contributed by atoms with van der Waals surface area (Å²) in [7, 11) is 5.91. The molecule has 2 atom stereocenters. The standard InChI is InChI=1S/C58H101NO8/c1-6-8-10-12-14-16-18-19-20-21-22-23-24-25-26-27-28-29-30-31-32-33-34-35-36-37-39-41-43-45-47-49-56(61)67-54(53-66-58(57(62)63)64-51-50-59(3,4)5)52-65-55(60)48-46-44-42-40-38-17-15-13-11-9-7-2/h8,10,13-16,19-20,22-23,25-26,54,58H,6-7,9,11-12,17-18,21,24,27-53H2,1-5H3/b10-8-,15-13-,16-14-,20-19-,23-22-,26-25-. The highest BCUT2D eigenvalue weighted by Gasteiger charge is 2.22. The summed E-state index contributed by atoms with van der Waals surface area (Å²) in [6.45, 7) is 4.58. The molecule has 0 saturated carbocycles. The summed E-state index contributed by atoms with van der Waals surface area (Å²) in [6.07, 6.45) is 59.6. The van der Waals surface area contributed by atoms with Gasteiger partial charge in [-0.3, -0.25) is 9.59 Å². The number of carbonyl (C=O) groups is 3. The summed E-state index contributed by atoms with van der Waals surface area (Å²) >= 11 is 0. The number of carbonyl (C=O) groups excluding carboxylic acids is 3. The summed E-state index contributed by atoms with van der Waals surface area (Å²) in [5.74, 6) is -2.30. The lowest BCUT2D eigenvalue weighted by Gasteiger charge is -2.26. The van der Waals surface area contributed by atoms with Crippen molar-refractivity contribution in [2.24, 2.45) is 0 Å². The second kappa shape index (κ2) is 49.2. The third-order valence-corrected chi connectivity index (χ3v) is 11.4. The topological polar surface area (TPSA) is 111 Å². The van der Waals surface area contributed by atoms with Gasteiger partial charge < -0.3 is 33.3 Å². The molecule has 0 aromatic heterocycles. The molecule has 0 aliphatic heterocycles. The number of ether oxygens (including phenoxy) is 4. The molecule has 2 unspecified atom stereocenters. The van der Waals surface area contributed by atoms with Crippen LogP contribution < -0.4 is 5.11 Å². The molecular weight excluding hydrogens is 839 g/mol. The highest BCUT2D eigenvalue weighted by Crippen LogP contribution is 2.16. The van der Waals surface area contributed by atoms with Gasteiger partial charge in [-0.2, -0.15) is 0 Å². The van der Waals surface area contributed by atoms with Crippen LogP contribution in [0.25, 0.3) is 0 Å². The molecule has 0 bridgehead atoms. The molecule has 9 nitrogen and oxygen atoms in total. The van der Waals surface area contributed by atoms with E-state index < -0.39 is 24.3 Å². The van der Waals surface area contributed by atoms with Crippen LogP contribution in [0, 0.1) is 0 Å². The highest BCUT2D eigenvalue weighted by molar-refractivity contribution is 5.70. The Morgan fingerprint density at radius 2 is 0.851 bits per heavy atom. The summed E-state index contributed by atoms with van der Waals surface area (Å²) in [4.78, 5) is 37.1. The molecule has 0 aliphatic carbocycles. The van der Waals surface area contributed by atoms with Crippen molar-refractivity contribution < 1.29 is 42.9 Å². The molecule has 0 rings (SSSR count). The Morgan fingerprint density at radius 3 is 1.28 bits per heavy atom. The maximum absolute atomic E-state index is 12.8. The third-order valence-electron chi connectivity index (χ3n) is 11.4. The van der Waals surface area contributed by atoms with E-state index in [1.165, 1.54) is 89.9 Å². The normalized spacial score (nSPS) is 13.4. The van der Waals surface area contributed by atoms with Crippen molar-refractivity contribution in [3.8, 4) is 0 Å². The Balaban J connectivity index is 4.13. The zero-order valence-electron chi connectivity index (χ0n) is 43.8. The summed E-state index contributed by atoms with van der Waals surface area (Å²) in [5.41, 5.74) is 0. The van der Waals surface area contributed by atoms with Gasteiger partial charge >= 0.3 is 11.9 Å². The number of hydrogen-bond acceptors (Lipinski definition) is 8. The second-order valence-corrected chi connectivity index (χ2v) is 19.1. The van der Waals surface area contributed by atoms with Gasteiger partial charge in [-0.25, -0.2) is 0 Å². The molecule has 0 amide bonds. The van der Waals surface area contributed by atoms with E-state index in [1.54, 1.807) is 0 Å². The van der Waals surface area contributed by atoms with Gasteiger partial charge in [0.25, 0.3) is 0 Å². The van der Waals surface area contributed by atoms with Crippen molar-refractivity contribution in [1.29, 1.82) is 0 Å². The lowest BCUT2D eigenvalue weighted by atomic mass is 10.0. The zero-order valence-corrected chi connectivity index (χ0v) is 43.8. The van der Waals surface area contributed by atoms with E-state index in [0.717, 1.165) is 96.3 Å². The van der Waals surface area contributed by atoms with Crippen LogP contribution in [0.5, 0.6) is 0 Å². The SMILES string of the molecule is CC/C=C\C/C=C\C/C=C\C/C=C\C/C=C\CCCCCCCCCCCCCCCCCC(=O)OC(COC(=O)CCCCCCC/C=C\CCCC)COC(OCC[N+](C)(C)C)C(=O)[O-]. The molecule has 9 heteroatoms. The quantitative estimate of drug-likeness (QED) is 0.0195. The van der Waals surface area contributed by atoms with Gasteiger partial charge in [0.05, 0.1) is 40.3 Å². The first-order chi connectivity index (χ1) is 32.6. The number of unbranched alkanes of at least 4 members (excludes halogenated alkanes) is 22. The molecule has 0 saturated heterocycles. The van der Waals surface area contributed by atoms with Gasteiger partial charge in [0.1, 0.15) is 13.2 Å². The van der Waals surface area contributed by atoms with Gasteiger partial charge in [-0.1, -0.05) is 202 Å².